The summed E-state index contributed by atoms with van der Waals surface area (Å²) in [6, 6.07) is 15.0. The summed E-state index contributed by atoms with van der Waals surface area (Å²) in [7, 11) is 2.00. The molecule has 1 atom stereocenters. The van der Waals surface area contributed by atoms with Crippen LogP contribution in [0.25, 0.3) is 33.9 Å². The van der Waals surface area contributed by atoms with E-state index in [-0.39, 0.29) is 17.5 Å². The molecule has 9 nitrogen and oxygen atoms in total. The second-order valence-electron chi connectivity index (χ2n) is 9.39. The fourth-order valence-corrected chi connectivity index (χ4v) is 5.07. The van der Waals surface area contributed by atoms with E-state index in [1.165, 1.54) is 0 Å². The lowest BCUT2D eigenvalue weighted by atomic mass is 10.1. The summed E-state index contributed by atoms with van der Waals surface area (Å²) in [5.74, 6) is 1.04. The number of hydrogen-bond donors (Lipinski definition) is 1. The quantitative estimate of drug-likeness (QED) is 0.360. The summed E-state index contributed by atoms with van der Waals surface area (Å²) in [6.07, 6.45) is 8.08. The number of rotatable bonds is 6. The van der Waals surface area contributed by atoms with Gasteiger partial charge < -0.3 is 9.67 Å². The topological polar surface area (TPSA) is 94.0 Å². The number of imidazole rings is 2. The molecule has 1 N–H and O–H groups in total. The molecule has 0 spiro atoms. The minimum atomic E-state index is -0.113. The number of aliphatic hydroxyl groups is 1. The van der Waals surface area contributed by atoms with E-state index in [4.69, 9.17) is 0 Å². The zero-order valence-electron chi connectivity index (χ0n) is 20.5. The van der Waals surface area contributed by atoms with Gasteiger partial charge in [0.2, 0.25) is 0 Å². The Hall–Kier alpha value is -4.50. The fourth-order valence-electron chi connectivity index (χ4n) is 5.07. The van der Waals surface area contributed by atoms with E-state index in [0.29, 0.717) is 16.9 Å². The average molecular weight is 494 g/mol. The Bertz CT molecular complexity index is 1640. The number of aromatic nitrogens is 6. The van der Waals surface area contributed by atoms with Crippen molar-refractivity contribution in [3.05, 3.63) is 102 Å². The van der Waals surface area contributed by atoms with E-state index in [2.05, 4.69) is 26.4 Å². The van der Waals surface area contributed by atoms with Gasteiger partial charge in [0.15, 0.2) is 5.65 Å². The molecule has 0 radical (unpaired) electrons. The maximum atomic E-state index is 13.8. The Balaban J connectivity index is 1.32. The highest BCUT2D eigenvalue weighted by Crippen LogP contribution is 2.27. The minimum absolute atomic E-state index is 0.0263. The molecule has 0 unspecified atom stereocenters. The van der Waals surface area contributed by atoms with Gasteiger partial charge in [0.1, 0.15) is 11.6 Å². The molecule has 1 fully saturated rings. The van der Waals surface area contributed by atoms with Crippen LogP contribution in [0.2, 0.25) is 0 Å². The maximum absolute atomic E-state index is 13.8. The zero-order valence-corrected chi connectivity index (χ0v) is 20.5. The monoisotopic (exact) mass is 493 g/mol. The number of fused-ring (bicyclic) bond motifs is 1. The Labute approximate surface area is 213 Å². The largest absolute Gasteiger partial charge is 0.508 e. The molecule has 5 heterocycles. The Morgan fingerprint density at radius 3 is 2.62 bits per heavy atom. The highest BCUT2D eigenvalue weighted by molar-refractivity contribution is 5.74. The Kier molecular flexibility index (Phi) is 5.69. The van der Waals surface area contributed by atoms with E-state index in [1.54, 1.807) is 29.1 Å². The molecule has 1 aliphatic rings. The van der Waals surface area contributed by atoms with E-state index in [1.807, 2.05) is 65.0 Å². The summed E-state index contributed by atoms with van der Waals surface area (Å²) in [6.45, 7) is 5.96. The molecule has 37 heavy (non-hydrogen) atoms. The number of hydrogen-bond acceptors (Lipinski definition) is 6. The summed E-state index contributed by atoms with van der Waals surface area (Å²) >= 11 is 0. The highest BCUT2D eigenvalue weighted by Gasteiger charge is 2.29. The second-order valence-corrected chi connectivity index (χ2v) is 9.39. The molecule has 0 bridgehead atoms. The van der Waals surface area contributed by atoms with Crippen molar-refractivity contribution in [3.8, 4) is 16.9 Å². The molecule has 4 aromatic heterocycles. The van der Waals surface area contributed by atoms with Crippen molar-refractivity contribution in [3.63, 3.8) is 0 Å². The van der Waals surface area contributed by atoms with E-state index >= 15 is 0 Å². The van der Waals surface area contributed by atoms with Crippen molar-refractivity contribution < 1.29 is 5.11 Å². The summed E-state index contributed by atoms with van der Waals surface area (Å²) in [5, 5.41) is 9.57. The average Bonchev–Trinajstić information content (AvgIpc) is 3.61. The normalized spacial score (nSPS) is 16.0. The van der Waals surface area contributed by atoms with Gasteiger partial charge in [0.05, 0.1) is 35.7 Å². The van der Waals surface area contributed by atoms with Crippen LogP contribution in [-0.4, -0.2) is 51.7 Å². The van der Waals surface area contributed by atoms with Gasteiger partial charge in [0, 0.05) is 49.9 Å². The first-order valence-electron chi connectivity index (χ1n) is 12.2. The molecule has 6 rings (SSSR count). The molecule has 9 heteroatoms. The van der Waals surface area contributed by atoms with Gasteiger partial charge >= 0.3 is 5.69 Å². The van der Waals surface area contributed by atoms with E-state index in [9.17, 15) is 9.90 Å². The number of aliphatic hydroxyl groups excluding tert-OH is 1. The SMILES string of the molecule is C=C(O)c1ccc(-c2ccc(-n3c(=O)n([C@H]4CCN(Cc5nccn5C)C4)c4ncccc43)cn2)cc1. The number of likely N-dealkylation sites (tertiary alicyclic amines) is 1. The molecule has 0 amide bonds. The van der Waals surface area contributed by atoms with Crippen LogP contribution in [0.5, 0.6) is 0 Å². The van der Waals surface area contributed by atoms with E-state index in [0.717, 1.165) is 48.7 Å². The summed E-state index contributed by atoms with van der Waals surface area (Å²) in [5.41, 5.74) is 4.36. The third kappa shape index (κ3) is 4.13. The fraction of sp³-hybridized carbons (Fsp3) is 0.214. The van der Waals surface area contributed by atoms with Crippen LogP contribution < -0.4 is 5.69 Å². The lowest BCUT2D eigenvalue weighted by Gasteiger charge is -2.16. The summed E-state index contributed by atoms with van der Waals surface area (Å²) in [4.78, 5) is 29.8. The highest BCUT2D eigenvalue weighted by atomic mass is 16.3. The first-order chi connectivity index (χ1) is 18.0. The second kappa shape index (κ2) is 9.18. The van der Waals surface area contributed by atoms with Gasteiger partial charge in [-0.05, 0) is 30.7 Å². The van der Waals surface area contributed by atoms with Crippen molar-refractivity contribution in [1.29, 1.82) is 0 Å². The standard InChI is InChI=1S/C28H27N7O2/c1-19(36)20-5-7-21(8-6-20)24-10-9-22(16-31-24)34-25-4-3-12-30-27(25)35(28(34)37)23-11-14-33(17-23)18-26-29-13-15-32(26)2/h3-10,12-13,15-16,23,36H,1,11,14,17-18H2,2H3/t23-/m0/s1. The molecule has 1 saturated heterocycles. The van der Waals surface area contributed by atoms with Gasteiger partial charge in [-0.15, -0.1) is 0 Å². The Morgan fingerprint density at radius 1 is 1.08 bits per heavy atom. The smallest absolute Gasteiger partial charge is 0.335 e. The molecule has 1 aliphatic heterocycles. The predicted molar refractivity (Wildman–Crippen MR) is 142 cm³/mol. The third-order valence-electron chi connectivity index (χ3n) is 7.05. The van der Waals surface area contributed by atoms with Crippen LogP contribution in [0.1, 0.15) is 23.9 Å². The maximum Gasteiger partial charge on any atom is 0.335 e. The number of benzene rings is 1. The molecule has 0 aliphatic carbocycles. The van der Waals surface area contributed by atoms with Crippen molar-refractivity contribution in [2.45, 2.75) is 19.0 Å². The van der Waals surface area contributed by atoms with Crippen molar-refractivity contribution in [1.82, 2.24) is 33.6 Å². The number of aryl methyl sites for hydroxylation is 1. The first-order valence-corrected chi connectivity index (χ1v) is 12.2. The van der Waals surface area contributed by atoms with Crippen LogP contribution in [0.15, 0.2) is 84.7 Å². The van der Waals surface area contributed by atoms with Crippen molar-refractivity contribution in [2.24, 2.45) is 7.05 Å². The molecule has 186 valence electrons. The zero-order chi connectivity index (χ0) is 25.5. The van der Waals surface area contributed by atoms with Gasteiger partial charge in [-0.2, -0.15) is 0 Å². The van der Waals surface area contributed by atoms with E-state index < -0.39 is 0 Å². The van der Waals surface area contributed by atoms with Crippen LogP contribution in [0.4, 0.5) is 0 Å². The Morgan fingerprint density at radius 2 is 1.92 bits per heavy atom. The molecular weight excluding hydrogens is 466 g/mol. The minimum Gasteiger partial charge on any atom is -0.508 e. The molecular formula is C28H27N7O2. The van der Waals surface area contributed by atoms with Gasteiger partial charge in [-0.25, -0.2) is 14.8 Å². The predicted octanol–water partition coefficient (Wildman–Crippen LogP) is 3.96. The van der Waals surface area contributed by atoms with Crippen LogP contribution in [0, 0.1) is 0 Å². The summed E-state index contributed by atoms with van der Waals surface area (Å²) < 4.78 is 5.56. The molecule has 5 aromatic rings. The van der Waals surface area contributed by atoms with Crippen LogP contribution in [0.3, 0.4) is 0 Å². The van der Waals surface area contributed by atoms with Crippen molar-refractivity contribution >= 4 is 16.9 Å². The van der Waals surface area contributed by atoms with Gasteiger partial charge in [0.25, 0.3) is 0 Å². The molecule has 0 saturated carbocycles. The first kappa shape index (κ1) is 22.9. The van der Waals surface area contributed by atoms with Crippen LogP contribution in [-0.2, 0) is 13.6 Å². The van der Waals surface area contributed by atoms with Crippen LogP contribution >= 0.6 is 0 Å². The lowest BCUT2D eigenvalue weighted by molar-refractivity contribution is 0.304. The van der Waals surface area contributed by atoms with Gasteiger partial charge in [-0.3, -0.25) is 19.0 Å². The van der Waals surface area contributed by atoms with Crippen molar-refractivity contribution in [2.75, 3.05) is 13.1 Å². The van der Waals surface area contributed by atoms with Gasteiger partial charge in [-0.1, -0.05) is 30.8 Å². The number of nitrogens with zero attached hydrogens (tertiary/aromatic N) is 7. The number of pyridine rings is 2. The third-order valence-corrected chi connectivity index (χ3v) is 7.05. The lowest BCUT2D eigenvalue weighted by Crippen LogP contribution is -2.29. The molecule has 1 aromatic carbocycles.